The van der Waals surface area contributed by atoms with Gasteiger partial charge in [-0.1, -0.05) is 12.1 Å². The van der Waals surface area contributed by atoms with Crippen LogP contribution in [-0.2, 0) is 19.0 Å². The molecule has 0 saturated carbocycles. The van der Waals surface area contributed by atoms with Crippen LogP contribution < -0.4 is 5.32 Å². The highest BCUT2D eigenvalue weighted by atomic mass is 19.4. The van der Waals surface area contributed by atoms with Gasteiger partial charge in [0, 0.05) is 11.7 Å². The molecule has 4 aromatic rings. The lowest BCUT2D eigenvalue weighted by Gasteiger charge is -2.25. The van der Waals surface area contributed by atoms with E-state index in [0.29, 0.717) is 28.9 Å². The van der Waals surface area contributed by atoms with E-state index in [1.165, 1.54) is 37.1 Å². The molecule has 0 spiro atoms. The zero-order valence-electron chi connectivity index (χ0n) is 21.1. The van der Waals surface area contributed by atoms with E-state index in [-0.39, 0.29) is 11.8 Å². The van der Waals surface area contributed by atoms with E-state index in [0.717, 1.165) is 30.4 Å². The quantitative estimate of drug-likeness (QED) is 0.338. The molecule has 8 nitrogen and oxygen atoms in total. The zero-order valence-corrected chi connectivity index (χ0v) is 21.1. The molecule has 1 aromatic carbocycles. The van der Waals surface area contributed by atoms with E-state index in [1.807, 2.05) is 19.1 Å². The summed E-state index contributed by atoms with van der Waals surface area (Å²) in [6, 6.07) is 11.7. The maximum atomic E-state index is 13.6. The molecule has 1 aliphatic heterocycles. The summed E-state index contributed by atoms with van der Waals surface area (Å²) in [7, 11) is 0. The normalized spacial score (nSPS) is 18.4. The number of anilines is 2. The third kappa shape index (κ3) is 5.02. The molecular formula is C27H29F3N8. The third-order valence-electron chi connectivity index (χ3n) is 7.40. The molecule has 1 unspecified atom stereocenters. The van der Waals surface area contributed by atoms with Crippen LogP contribution >= 0.6 is 0 Å². The fourth-order valence-corrected chi connectivity index (χ4v) is 5.48. The highest BCUT2D eigenvalue weighted by molar-refractivity contribution is 5.59. The lowest BCUT2D eigenvalue weighted by atomic mass is 10.0. The van der Waals surface area contributed by atoms with E-state index in [1.54, 1.807) is 24.4 Å². The van der Waals surface area contributed by atoms with Crippen molar-refractivity contribution in [3.8, 4) is 17.2 Å². The van der Waals surface area contributed by atoms with Gasteiger partial charge in [-0.05, 0) is 93.9 Å². The lowest BCUT2D eigenvalue weighted by molar-refractivity contribution is -0.144. The van der Waals surface area contributed by atoms with Crippen LogP contribution in [0.25, 0.3) is 17.2 Å². The standard InChI is InChI=1S/C27H29F3N8/c1-17-31-16-23(32-17)22-5-4-6-24(34-22)38-26(35-25(36-38)27(28,29)30)33-20-10-7-18-8-11-21(12-9-19(18)15-20)37-13-2-3-14-37/h4-7,10,15-16,21H,2-3,8-9,11-14H2,1H3,(H,31,32)(H,33,35,36). The van der Waals surface area contributed by atoms with Crippen LogP contribution in [0.5, 0.6) is 0 Å². The summed E-state index contributed by atoms with van der Waals surface area (Å²) in [5, 5.41) is 6.85. The number of aromatic nitrogens is 6. The molecule has 0 bridgehead atoms. The van der Waals surface area contributed by atoms with Crippen LogP contribution in [-0.4, -0.2) is 53.7 Å². The number of fused-ring (bicyclic) bond motifs is 1. The summed E-state index contributed by atoms with van der Waals surface area (Å²) < 4.78 is 41.9. The summed E-state index contributed by atoms with van der Waals surface area (Å²) in [5.41, 5.74) is 4.40. The van der Waals surface area contributed by atoms with Crippen molar-refractivity contribution in [2.24, 2.45) is 0 Å². The second-order valence-corrected chi connectivity index (χ2v) is 10.0. The molecule has 4 heterocycles. The Bertz CT molecular complexity index is 1430. The summed E-state index contributed by atoms with van der Waals surface area (Å²) in [4.78, 5) is 18.2. The van der Waals surface area contributed by atoms with E-state index in [9.17, 15) is 13.2 Å². The van der Waals surface area contributed by atoms with Crippen molar-refractivity contribution in [2.75, 3.05) is 18.4 Å². The topological polar surface area (TPSA) is 87.6 Å². The number of H-pyrrole nitrogens is 1. The van der Waals surface area contributed by atoms with Gasteiger partial charge in [-0.3, -0.25) is 0 Å². The Morgan fingerprint density at radius 3 is 2.53 bits per heavy atom. The maximum absolute atomic E-state index is 13.6. The first-order valence-electron chi connectivity index (χ1n) is 13.0. The third-order valence-corrected chi connectivity index (χ3v) is 7.40. The van der Waals surface area contributed by atoms with Gasteiger partial charge in [0.05, 0.1) is 17.6 Å². The molecule has 6 rings (SSSR count). The largest absolute Gasteiger partial charge is 0.453 e. The number of pyridine rings is 1. The van der Waals surface area contributed by atoms with Gasteiger partial charge in [-0.2, -0.15) is 22.8 Å². The summed E-state index contributed by atoms with van der Waals surface area (Å²) in [6.45, 7) is 4.18. The SMILES string of the molecule is Cc1ncc(-c2cccc(-n3nc(C(F)(F)F)nc3Nc3ccc4c(c3)CCC(N3CCCC3)CC4)n2)[nH]1. The van der Waals surface area contributed by atoms with Gasteiger partial charge >= 0.3 is 6.18 Å². The zero-order chi connectivity index (χ0) is 26.3. The number of aromatic amines is 1. The van der Waals surface area contributed by atoms with E-state index in [2.05, 4.69) is 41.3 Å². The number of likely N-dealkylation sites (tertiary alicyclic amines) is 1. The van der Waals surface area contributed by atoms with Crippen LogP contribution in [0.2, 0.25) is 0 Å². The molecule has 2 aliphatic rings. The van der Waals surface area contributed by atoms with E-state index >= 15 is 0 Å². The lowest BCUT2D eigenvalue weighted by Crippen LogP contribution is -2.32. The maximum Gasteiger partial charge on any atom is 0.453 e. The molecule has 2 N–H and O–H groups in total. The average Bonchev–Trinajstić information content (AvgIpc) is 3.64. The van der Waals surface area contributed by atoms with Crippen molar-refractivity contribution >= 4 is 11.6 Å². The minimum Gasteiger partial charge on any atom is -0.341 e. The Morgan fingerprint density at radius 2 is 1.79 bits per heavy atom. The molecule has 1 saturated heterocycles. The van der Waals surface area contributed by atoms with Crippen molar-refractivity contribution in [3.63, 3.8) is 0 Å². The predicted octanol–water partition coefficient (Wildman–Crippen LogP) is 5.47. The monoisotopic (exact) mass is 522 g/mol. The second kappa shape index (κ2) is 9.86. The molecule has 11 heteroatoms. The van der Waals surface area contributed by atoms with E-state index < -0.39 is 12.0 Å². The smallest absolute Gasteiger partial charge is 0.341 e. The molecule has 198 valence electrons. The van der Waals surface area contributed by atoms with Gasteiger partial charge in [0.2, 0.25) is 5.95 Å². The van der Waals surface area contributed by atoms with Crippen molar-refractivity contribution in [2.45, 2.75) is 57.7 Å². The van der Waals surface area contributed by atoms with Gasteiger partial charge in [0.25, 0.3) is 5.82 Å². The van der Waals surface area contributed by atoms with Crippen molar-refractivity contribution < 1.29 is 13.2 Å². The Labute approximate surface area is 218 Å². The number of rotatable bonds is 5. The number of imidazole rings is 1. The van der Waals surface area contributed by atoms with Crippen molar-refractivity contribution in [3.05, 3.63) is 65.4 Å². The van der Waals surface area contributed by atoms with Gasteiger partial charge in [0.1, 0.15) is 5.82 Å². The first-order valence-corrected chi connectivity index (χ1v) is 13.0. The molecule has 1 aliphatic carbocycles. The minimum atomic E-state index is -4.70. The van der Waals surface area contributed by atoms with Crippen molar-refractivity contribution in [1.82, 2.24) is 34.6 Å². The Balaban J connectivity index is 1.29. The summed E-state index contributed by atoms with van der Waals surface area (Å²) >= 11 is 0. The summed E-state index contributed by atoms with van der Waals surface area (Å²) in [6.07, 6.45) is 3.67. The highest BCUT2D eigenvalue weighted by Crippen LogP contribution is 2.32. The number of aryl methyl sites for hydroxylation is 3. The number of nitrogens with zero attached hydrogens (tertiary/aromatic N) is 6. The van der Waals surface area contributed by atoms with Crippen molar-refractivity contribution in [1.29, 1.82) is 0 Å². The molecular weight excluding hydrogens is 493 g/mol. The van der Waals surface area contributed by atoms with E-state index in [4.69, 9.17) is 0 Å². The average molecular weight is 523 g/mol. The minimum absolute atomic E-state index is 0.0497. The molecule has 3 aromatic heterocycles. The number of nitrogens with one attached hydrogen (secondary N) is 2. The molecule has 1 atom stereocenters. The number of hydrogen-bond donors (Lipinski definition) is 2. The molecule has 1 fully saturated rings. The van der Waals surface area contributed by atoms with Crippen LogP contribution in [0.4, 0.5) is 24.8 Å². The fraction of sp³-hybridized carbons (Fsp3) is 0.407. The van der Waals surface area contributed by atoms with Gasteiger partial charge in [-0.15, -0.1) is 5.10 Å². The number of benzene rings is 1. The van der Waals surface area contributed by atoms with Crippen LogP contribution in [0.1, 0.15) is 48.5 Å². The molecule has 0 amide bonds. The van der Waals surface area contributed by atoms with Crippen LogP contribution in [0, 0.1) is 6.92 Å². The Kier molecular flexibility index (Phi) is 6.38. The van der Waals surface area contributed by atoms with Gasteiger partial charge in [0.15, 0.2) is 5.82 Å². The summed E-state index contributed by atoms with van der Waals surface area (Å²) in [5.74, 6) is -0.354. The Morgan fingerprint density at radius 1 is 1.00 bits per heavy atom. The second-order valence-electron chi connectivity index (χ2n) is 10.0. The fourth-order valence-electron chi connectivity index (χ4n) is 5.48. The highest BCUT2D eigenvalue weighted by Gasteiger charge is 2.37. The number of halogens is 3. The molecule has 0 radical (unpaired) electrons. The predicted molar refractivity (Wildman–Crippen MR) is 137 cm³/mol. The van der Waals surface area contributed by atoms with Gasteiger partial charge < -0.3 is 15.2 Å². The van der Waals surface area contributed by atoms with Crippen LogP contribution in [0.3, 0.4) is 0 Å². The first-order chi connectivity index (χ1) is 18.3. The Hall–Kier alpha value is -3.73. The number of hydrogen-bond acceptors (Lipinski definition) is 6. The van der Waals surface area contributed by atoms with Crippen LogP contribution in [0.15, 0.2) is 42.6 Å². The van der Waals surface area contributed by atoms with Gasteiger partial charge in [-0.25, -0.2) is 9.97 Å². The molecule has 38 heavy (non-hydrogen) atoms. The first kappa shape index (κ1) is 24.6. The number of alkyl halides is 3.